The van der Waals surface area contributed by atoms with Crippen molar-refractivity contribution in [2.75, 3.05) is 54.1 Å². The molecule has 0 aliphatic rings. The number of carbonyl (C=O) groups is 1. The monoisotopic (exact) mass is 991 g/mol. The number of esters is 1. The maximum absolute atomic E-state index is 12.8. The van der Waals surface area contributed by atoms with Crippen LogP contribution in [0.3, 0.4) is 0 Å². The molecule has 0 aliphatic heterocycles. The van der Waals surface area contributed by atoms with Gasteiger partial charge in [-0.2, -0.15) is 0 Å². The molecule has 2 atom stereocenters. The highest BCUT2D eigenvalue weighted by molar-refractivity contribution is 7.47. The third-order valence-corrected chi connectivity index (χ3v) is 13.5. The first-order chi connectivity index (χ1) is 33.6. The number of phosphoric ester groups is 1. The van der Waals surface area contributed by atoms with E-state index in [4.69, 9.17) is 18.5 Å². The Morgan fingerprint density at radius 1 is 0.449 bits per heavy atom. The van der Waals surface area contributed by atoms with E-state index in [0.29, 0.717) is 24.1 Å². The molecule has 9 heteroatoms. The molecular formula is C60H113NO7P+. The first-order valence-electron chi connectivity index (χ1n) is 29.0. The average Bonchev–Trinajstić information content (AvgIpc) is 3.31. The maximum atomic E-state index is 12.8. The number of unbranched alkanes of at least 4 members (excludes halogenated alkanes) is 30. The van der Waals surface area contributed by atoms with Crippen LogP contribution in [0, 0.1) is 0 Å². The molecule has 2 unspecified atom stereocenters. The predicted octanol–water partition coefficient (Wildman–Crippen LogP) is 18.4. The molecule has 1 N–H and O–H groups in total. The van der Waals surface area contributed by atoms with Crippen molar-refractivity contribution in [3.63, 3.8) is 0 Å². The molecular weight excluding hydrogens is 878 g/mol. The number of ether oxygens (including phenoxy) is 2. The molecule has 0 spiro atoms. The van der Waals surface area contributed by atoms with Crippen LogP contribution in [0.4, 0.5) is 0 Å². The highest BCUT2D eigenvalue weighted by Gasteiger charge is 2.26. The largest absolute Gasteiger partial charge is 0.472 e. The summed E-state index contributed by atoms with van der Waals surface area (Å²) < 4.78 is 35.3. The van der Waals surface area contributed by atoms with Gasteiger partial charge in [-0.15, -0.1) is 0 Å². The van der Waals surface area contributed by atoms with Gasteiger partial charge < -0.3 is 18.9 Å². The molecule has 0 rings (SSSR count). The summed E-state index contributed by atoms with van der Waals surface area (Å²) in [5, 5.41) is 0. The number of phosphoric acid groups is 1. The Hall–Kier alpha value is -1.80. The summed E-state index contributed by atoms with van der Waals surface area (Å²) in [5.74, 6) is -0.324. The lowest BCUT2D eigenvalue weighted by Crippen LogP contribution is -2.37. The maximum Gasteiger partial charge on any atom is 0.472 e. The number of hydrogen-bond donors (Lipinski definition) is 1. The van der Waals surface area contributed by atoms with E-state index in [1.165, 1.54) is 173 Å². The van der Waals surface area contributed by atoms with Crippen molar-refractivity contribution >= 4 is 13.8 Å². The van der Waals surface area contributed by atoms with Gasteiger partial charge in [-0.25, -0.2) is 4.57 Å². The molecule has 0 aromatic rings. The fourth-order valence-electron chi connectivity index (χ4n) is 8.06. The molecule has 0 amide bonds. The molecule has 0 saturated heterocycles. The van der Waals surface area contributed by atoms with E-state index in [0.717, 1.165) is 64.2 Å². The Morgan fingerprint density at radius 3 is 1.19 bits per heavy atom. The summed E-state index contributed by atoms with van der Waals surface area (Å²) in [5.41, 5.74) is 0. The summed E-state index contributed by atoms with van der Waals surface area (Å²) in [6.45, 7) is 5.61. The summed E-state index contributed by atoms with van der Waals surface area (Å²) >= 11 is 0. The smallest absolute Gasteiger partial charge is 0.457 e. The van der Waals surface area contributed by atoms with E-state index in [1.54, 1.807) is 0 Å². The summed E-state index contributed by atoms with van der Waals surface area (Å²) in [7, 11) is 1.66. The van der Waals surface area contributed by atoms with Crippen LogP contribution in [0.2, 0.25) is 0 Å². The summed E-state index contributed by atoms with van der Waals surface area (Å²) in [6.07, 6.45) is 68.5. The Labute approximate surface area is 428 Å². The predicted molar refractivity (Wildman–Crippen MR) is 298 cm³/mol. The van der Waals surface area contributed by atoms with Gasteiger partial charge in [0.15, 0.2) is 0 Å². The van der Waals surface area contributed by atoms with E-state index in [1.807, 2.05) is 21.1 Å². The van der Waals surface area contributed by atoms with E-state index < -0.39 is 13.9 Å². The van der Waals surface area contributed by atoms with Crippen LogP contribution in [0.5, 0.6) is 0 Å². The van der Waals surface area contributed by atoms with Gasteiger partial charge in [0.1, 0.15) is 19.3 Å². The van der Waals surface area contributed by atoms with Crippen LogP contribution in [0.25, 0.3) is 0 Å². The third kappa shape index (κ3) is 57.0. The van der Waals surface area contributed by atoms with Gasteiger partial charge in [0.05, 0.1) is 34.4 Å². The quantitative estimate of drug-likeness (QED) is 0.0213. The fraction of sp³-hybridized carbons (Fsp3) is 0.817. The fourth-order valence-corrected chi connectivity index (χ4v) is 8.80. The number of likely N-dealkylation sites (N-methyl/N-ethyl adjacent to an activating group) is 1. The molecule has 0 bridgehead atoms. The normalized spacial score (nSPS) is 13.9. The molecule has 0 aromatic heterocycles. The lowest BCUT2D eigenvalue weighted by atomic mass is 10.0. The van der Waals surface area contributed by atoms with Crippen molar-refractivity contribution in [2.24, 2.45) is 0 Å². The van der Waals surface area contributed by atoms with Crippen molar-refractivity contribution in [3.05, 3.63) is 60.8 Å². The molecule has 404 valence electrons. The van der Waals surface area contributed by atoms with Gasteiger partial charge in [0.25, 0.3) is 0 Å². The topological polar surface area (TPSA) is 91.3 Å². The lowest BCUT2D eigenvalue weighted by Gasteiger charge is -2.24. The lowest BCUT2D eigenvalue weighted by molar-refractivity contribution is -0.870. The van der Waals surface area contributed by atoms with Crippen molar-refractivity contribution in [3.8, 4) is 0 Å². The van der Waals surface area contributed by atoms with Gasteiger partial charge in [-0.3, -0.25) is 13.8 Å². The number of hydrogen-bond acceptors (Lipinski definition) is 6. The minimum Gasteiger partial charge on any atom is -0.457 e. The van der Waals surface area contributed by atoms with Crippen LogP contribution in [0.15, 0.2) is 60.8 Å². The molecule has 0 saturated carbocycles. The van der Waals surface area contributed by atoms with Crippen molar-refractivity contribution in [1.29, 1.82) is 0 Å². The Kier molecular flexibility index (Phi) is 51.2. The Morgan fingerprint density at radius 2 is 0.797 bits per heavy atom. The summed E-state index contributed by atoms with van der Waals surface area (Å²) in [6, 6.07) is 0. The molecule has 0 radical (unpaired) electrons. The number of rotatable bonds is 54. The summed E-state index contributed by atoms with van der Waals surface area (Å²) in [4.78, 5) is 23.1. The minimum absolute atomic E-state index is 0.0843. The van der Waals surface area contributed by atoms with E-state index in [2.05, 4.69) is 74.6 Å². The molecule has 0 fully saturated rings. The van der Waals surface area contributed by atoms with E-state index in [9.17, 15) is 14.3 Å². The van der Waals surface area contributed by atoms with Gasteiger partial charge >= 0.3 is 13.8 Å². The number of carbonyl (C=O) groups excluding carboxylic acids is 1. The highest BCUT2D eigenvalue weighted by Crippen LogP contribution is 2.43. The molecule has 0 aromatic carbocycles. The molecule has 69 heavy (non-hydrogen) atoms. The zero-order valence-corrected chi connectivity index (χ0v) is 46.9. The second kappa shape index (κ2) is 52.5. The van der Waals surface area contributed by atoms with Gasteiger partial charge in [-0.1, -0.05) is 229 Å². The second-order valence-corrected chi connectivity index (χ2v) is 22.1. The number of quaternary nitrogens is 1. The minimum atomic E-state index is -4.29. The number of nitrogens with zero attached hydrogens (tertiary/aromatic N) is 1. The van der Waals surface area contributed by atoms with Crippen LogP contribution in [-0.4, -0.2) is 75.6 Å². The Balaban J connectivity index is 4.09. The van der Waals surface area contributed by atoms with Crippen molar-refractivity contribution < 1.29 is 37.3 Å². The van der Waals surface area contributed by atoms with Crippen molar-refractivity contribution in [2.45, 2.75) is 264 Å². The second-order valence-electron chi connectivity index (χ2n) is 20.7. The van der Waals surface area contributed by atoms with Gasteiger partial charge in [0.2, 0.25) is 0 Å². The van der Waals surface area contributed by atoms with Gasteiger partial charge in [0, 0.05) is 13.0 Å². The SMILES string of the molecule is CCCCCCC/C=C\C/C=C\C/C=C\CCCCCCCCC(=O)OC(COCCCCCCCCCCCCCCCC/C=C\C/C=C\CCCCCCC)COP(=O)(O)OCC[N+](C)(C)C. The van der Waals surface area contributed by atoms with Crippen LogP contribution >= 0.6 is 7.82 Å². The van der Waals surface area contributed by atoms with Gasteiger partial charge in [-0.05, 0) is 83.5 Å². The molecule has 0 aliphatic carbocycles. The molecule has 0 heterocycles. The zero-order chi connectivity index (χ0) is 50.5. The average molecular weight is 992 g/mol. The first-order valence-corrected chi connectivity index (χ1v) is 30.5. The van der Waals surface area contributed by atoms with Crippen molar-refractivity contribution in [1.82, 2.24) is 0 Å². The Bertz CT molecular complexity index is 1290. The highest BCUT2D eigenvalue weighted by atomic mass is 31.2. The van der Waals surface area contributed by atoms with E-state index >= 15 is 0 Å². The number of allylic oxidation sites excluding steroid dienone is 10. The third-order valence-electron chi connectivity index (χ3n) is 12.6. The van der Waals surface area contributed by atoms with E-state index in [-0.39, 0.29) is 25.8 Å². The van der Waals surface area contributed by atoms with Crippen LogP contribution < -0.4 is 0 Å². The first kappa shape index (κ1) is 67.2. The standard InChI is InChI=1S/C60H112NO7P/c1-6-8-10-12-14-16-18-20-22-24-26-28-29-30-31-32-34-36-38-40-42-44-46-48-50-52-55-65-57-59(58-67-69(63,64)66-56-54-61(3,4)5)68-60(62)53-51-49-47-45-43-41-39-37-35-33-27-25-23-21-19-17-15-13-11-9-7-2/h18-21,24-27,35,37,59H,6-17,22-23,28-34,36,38-58H2,1-5H3/p+1/b20-18-,21-19-,26-24-,27-25-,37-35-. The van der Waals surface area contributed by atoms with Crippen LogP contribution in [0.1, 0.15) is 258 Å². The molecule has 8 nitrogen and oxygen atoms in total. The van der Waals surface area contributed by atoms with Crippen LogP contribution in [-0.2, 0) is 27.9 Å². The zero-order valence-electron chi connectivity index (χ0n) is 46.0.